The minimum absolute atomic E-state index is 0.112. The summed E-state index contributed by atoms with van der Waals surface area (Å²) in [4.78, 5) is 10.6. The van der Waals surface area contributed by atoms with Gasteiger partial charge in [0.15, 0.2) is 5.79 Å². The lowest BCUT2D eigenvalue weighted by molar-refractivity contribution is -0.264. The summed E-state index contributed by atoms with van der Waals surface area (Å²) in [7, 11) is 0. The van der Waals surface area contributed by atoms with Gasteiger partial charge in [-0.05, 0) is 6.92 Å². The van der Waals surface area contributed by atoms with E-state index >= 15 is 0 Å². The first-order valence-corrected chi connectivity index (χ1v) is 4.81. The van der Waals surface area contributed by atoms with Crippen LogP contribution in [-0.4, -0.2) is 25.3 Å². The van der Waals surface area contributed by atoms with Crippen LogP contribution < -0.4 is 0 Å². The topological polar surface area (TPSA) is 35.5 Å². The van der Waals surface area contributed by atoms with Crippen LogP contribution in [-0.2, 0) is 14.3 Å². The van der Waals surface area contributed by atoms with E-state index in [4.69, 9.17) is 9.47 Å². The quantitative estimate of drug-likeness (QED) is 0.604. The number of rotatable bonds is 1. The predicted octanol–water partition coefficient (Wildman–Crippen LogP) is 1.92. The fourth-order valence-corrected chi connectivity index (χ4v) is 1.14. The Morgan fingerprint density at radius 2 is 2.07 bits per heavy atom. The lowest BCUT2D eigenvalue weighted by atomic mass is 9.86. The smallest absolute Gasteiger partial charge is 0.171 e. The van der Waals surface area contributed by atoms with E-state index in [1.54, 1.807) is 6.08 Å². The average molecular weight is 198 g/mol. The second-order valence-electron chi connectivity index (χ2n) is 4.69. The second-order valence-corrected chi connectivity index (χ2v) is 4.69. The molecule has 0 aromatic rings. The Kier molecular flexibility index (Phi) is 3.12. The summed E-state index contributed by atoms with van der Waals surface area (Å²) in [5, 5.41) is 0. The summed E-state index contributed by atoms with van der Waals surface area (Å²) in [6.07, 6.45) is 2.59. The molecular formula is C11H18O3. The van der Waals surface area contributed by atoms with Crippen LogP contribution in [0.2, 0.25) is 0 Å². The van der Waals surface area contributed by atoms with E-state index in [2.05, 4.69) is 20.8 Å². The molecule has 1 aliphatic rings. The van der Waals surface area contributed by atoms with Gasteiger partial charge in [-0.2, -0.15) is 0 Å². The molecule has 0 bridgehead atoms. The molecule has 0 aromatic carbocycles. The zero-order valence-corrected chi connectivity index (χ0v) is 9.29. The maximum atomic E-state index is 10.6. The van der Waals surface area contributed by atoms with Crippen molar-refractivity contribution < 1.29 is 14.3 Å². The fraction of sp³-hybridized carbons (Fsp3) is 0.727. The normalized spacial score (nSPS) is 29.3. The zero-order chi connectivity index (χ0) is 10.8. The molecule has 0 saturated carbocycles. The van der Waals surface area contributed by atoms with Gasteiger partial charge in [0.2, 0.25) is 0 Å². The monoisotopic (exact) mass is 198 g/mol. The van der Waals surface area contributed by atoms with Gasteiger partial charge in [0, 0.05) is 11.0 Å². The maximum Gasteiger partial charge on any atom is 0.171 e. The third-order valence-corrected chi connectivity index (χ3v) is 2.73. The summed E-state index contributed by atoms with van der Waals surface area (Å²) < 4.78 is 11.3. The lowest BCUT2D eigenvalue weighted by Crippen LogP contribution is -2.44. The average Bonchev–Trinajstić information content (AvgIpc) is 2.27. The van der Waals surface area contributed by atoms with Gasteiger partial charge in [-0.3, -0.25) is 4.79 Å². The minimum Gasteiger partial charge on any atom is -0.346 e. The predicted molar refractivity (Wildman–Crippen MR) is 53.9 cm³/mol. The summed E-state index contributed by atoms with van der Waals surface area (Å²) >= 11 is 0. The van der Waals surface area contributed by atoms with E-state index < -0.39 is 5.79 Å². The van der Waals surface area contributed by atoms with Gasteiger partial charge >= 0.3 is 0 Å². The molecule has 80 valence electrons. The third kappa shape index (κ3) is 2.22. The standard InChI is InChI=1S/C11H18O3/c1-10(2,3)11(4)13-6-5-9(7-12)8-14-11/h5,7H,6,8H2,1-4H3. The number of aldehydes is 1. The molecule has 3 heteroatoms. The van der Waals surface area contributed by atoms with Crippen LogP contribution in [0.25, 0.3) is 0 Å². The minimum atomic E-state index is -0.631. The number of ether oxygens (including phenoxy) is 2. The van der Waals surface area contributed by atoms with Crippen molar-refractivity contribution in [2.75, 3.05) is 13.2 Å². The highest BCUT2D eigenvalue weighted by Gasteiger charge is 2.40. The van der Waals surface area contributed by atoms with Crippen molar-refractivity contribution in [1.82, 2.24) is 0 Å². The number of carbonyl (C=O) groups is 1. The second kappa shape index (κ2) is 3.83. The van der Waals surface area contributed by atoms with Crippen molar-refractivity contribution in [2.45, 2.75) is 33.5 Å². The molecule has 1 heterocycles. The van der Waals surface area contributed by atoms with Crippen LogP contribution in [0.15, 0.2) is 11.6 Å². The highest BCUT2D eigenvalue weighted by atomic mass is 16.7. The highest BCUT2D eigenvalue weighted by molar-refractivity contribution is 5.73. The molecule has 0 aliphatic carbocycles. The van der Waals surface area contributed by atoms with Gasteiger partial charge in [0.1, 0.15) is 6.29 Å². The van der Waals surface area contributed by atoms with Crippen LogP contribution in [0.4, 0.5) is 0 Å². The van der Waals surface area contributed by atoms with E-state index in [-0.39, 0.29) is 5.41 Å². The molecule has 0 N–H and O–H groups in total. The molecule has 0 amide bonds. The number of carbonyl (C=O) groups excluding carboxylic acids is 1. The summed E-state index contributed by atoms with van der Waals surface area (Å²) in [5.41, 5.74) is 0.539. The van der Waals surface area contributed by atoms with Gasteiger partial charge in [0.25, 0.3) is 0 Å². The fourth-order valence-electron chi connectivity index (χ4n) is 1.14. The lowest BCUT2D eigenvalue weighted by Gasteiger charge is -2.40. The van der Waals surface area contributed by atoms with Crippen molar-refractivity contribution in [2.24, 2.45) is 5.41 Å². The first-order chi connectivity index (χ1) is 6.39. The molecule has 0 saturated heterocycles. The van der Waals surface area contributed by atoms with E-state index in [1.807, 2.05) is 6.92 Å². The molecular weight excluding hydrogens is 180 g/mol. The van der Waals surface area contributed by atoms with Gasteiger partial charge in [-0.25, -0.2) is 0 Å². The van der Waals surface area contributed by atoms with Crippen molar-refractivity contribution in [3.05, 3.63) is 11.6 Å². The van der Waals surface area contributed by atoms with Gasteiger partial charge in [-0.1, -0.05) is 26.8 Å². The van der Waals surface area contributed by atoms with Crippen LogP contribution >= 0.6 is 0 Å². The summed E-state index contributed by atoms with van der Waals surface area (Å²) in [6.45, 7) is 8.84. The number of hydrogen-bond acceptors (Lipinski definition) is 3. The van der Waals surface area contributed by atoms with E-state index in [9.17, 15) is 4.79 Å². The highest BCUT2D eigenvalue weighted by Crippen LogP contribution is 2.35. The summed E-state index contributed by atoms with van der Waals surface area (Å²) in [5.74, 6) is -0.631. The zero-order valence-electron chi connectivity index (χ0n) is 9.29. The van der Waals surface area contributed by atoms with Crippen LogP contribution in [0.3, 0.4) is 0 Å². The van der Waals surface area contributed by atoms with Crippen LogP contribution in [0, 0.1) is 5.41 Å². The Hall–Kier alpha value is -0.670. The Balaban J connectivity index is 2.75. The third-order valence-electron chi connectivity index (χ3n) is 2.73. The van der Waals surface area contributed by atoms with Gasteiger partial charge in [-0.15, -0.1) is 0 Å². The van der Waals surface area contributed by atoms with Gasteiger partial charge in [0.05, 0.1) is 13.2 Å². The maximum absolute atomic E-state index is 10.6. The van der Waals surface area contributed by atoms with Crippen molar-refractivity contribution in [3.8, 4) is 0 Å². The van der Waals surface area contributed by atoms with Crippen LogP contribution in [0.1, 0.15) is 27.7 Å². The SMILES string of the molecule is CC(C)(C)C1(C)OCC=C(C=O)CO1. The Labute approximate surface area is 85.1 Å². The Bertz CT molecular complexity index is 250. The molecule has 3 nitrogen and oxygen atoms in total. The molecule has 1 rings (SSSR count). The molecule has 0 spiro atoms. The Morgan fingerprint density at radius 1 is 1.43 bits per heavy atom. The van der Waals surface area contributed by atoms with Gasteiger partial charge < -0.3 is 9.47 Å². The first-order valence-electron chi connectivity index (χ1n) is 4.81. The van der Waals surface area contributed by atoms with Crippen molar-refractivity contribution in [1.29, 1.82) is 0 Å². The first kappa shape index (κ1) is 11.4. The van der Waals surface area contributed by atoms with Crippen LogP contribution in [0.5, 0.6) is 0 Å². The largest absolute Gasteiger partial charge is 0.346 e. The molecule has 1 atom stereocenters. The molecule has 1 aliphatic heterocycles. The molecule has 14 heavy (non-hydrogen) atoms. The molecule has 1 unspecified atom stereocenters. The van der Waals surface area contributed by atoms with E-state index in [0.29, 0.717) is 18.8 Å². The summed E-state index contributed by atoms with van der Waals surface area (Å²) in [6, 6.07) is 0. The van der Waals surface area contributed by atoms with Crippen molar-refractivity contribution in [3.63, 3.8) is 0 Å². The number of hydrogen-bond donors (Lipinski definition) is 0. The van der Waals surface area contributed by atoms with Crippen molar-refractivity contribution >= 4 is 6.29 Å². The molecule has 0 aromatic heterocycles. The Morgan fingerprint density at radius 3 is 2.57 bits per heavy atom. The molecule has 0 radical (unpaired) electrons. The molecule has 0 fully saturated rings. The van der Waals surface area contributed by atoms with E-state index in [1.165, 1.54) is 0 Å². The van der Waals surface area contributed by atoms with E-state index in [0.717, 1.165) is 6.29 Å².